The Morgan fingerprint density at radius 3 is 2.24 bits per heavy atom. The summed E-state index contributed by atoms with van der Waals surface area (Å²) >= 11 is 0. The van der Waals surface area contributed by atoms with Gasteiger partial charge in [0.2, 0.25) is 0 Å². The van der Waals surface area contributed by atoms with Crippen molar-refractivity contribution in [3.05, 3.63) is 59.2 Å². The first-order chi connectivity index (χ1) is 10.0. The van der Waals surface area contributed by atoms with Gasteiger partial charge in [0, 0.05) is 11.1 Å². The largest absolute Gasteiger partial charge is 0.492 e. The summed E-state index contributed by atoms with van der Waals surface area (Å²) in [4.78, 5) is 12.5. The molecule has 3 nitrogen and oxygen atoms in total. The van der Waals surface area contributed by atoms with Gasteiger partial charge in [0.05, 0.1) is 12.3 Å². The minimum absolute atomic E-state index is 0.0277. The van der Waals surface area contributed by atoms with Gasteiger partial charge in [-0.25, -0.2) is 0 Å². The highest BCUT2D eigenvalue weighted by molar-refractivity contribution is 6.09. The Morgan fingerprint density at radius 2 is 1.71 bits per heavy atom. The van der Waals surface area contributed by atoms with E-state index < -0.39 is 0 Å². The van der Waals surface area contributed by atoms with Crippen LogP contribution in [0.2, 0.25) is 0 Å². The Hall–Kier alpha value is -2.29. The molecule has 2 aromatic rings. The fourth-order valence-electron chi connectivity index (χ4n) is 2.16. The van der Waals surface area contributed by atoms with Crippen LogP contribution in [0, 0.1) is 0 Å². The lowest BCUT2D eigenvalue weighted by molar-refractivity contribution is 0.103. The van der Waals surface area contributed by atoms with Crippen LogP contribution in [-0.2, 0) is 0 Å². The van der Waals surface area contributed by atoms with Gasteiger partial charge in [-0.2, -0.15) is 0 Å². The molecule has 0 saturated heterocycles. The molecular formula is C18H21NO2. The highest BCUT2D eigenvalue weighted by atomic mass is 16.5. The molecule has 0 aromatic heterocycles. The zero-order valence-electron chi connectivity index (χ0n) is 12.7. The average Bonchev–Trinajstić information content (AvgIpc) is 2.49. The van der Waals surface area contributed by atoms with Crippen molar-refractivity contribution in [2.24, 2.45) is 0 Å². The lowest BCUT2D eigenvalue weighted by Crippen LogP contribution is -2.04. The third-order valence-electron chi connectivity index (χ3n) is 3.41. The second-order valence-electron chi connectivity index (χ2n) is 5.29. The molecule has 0 amide bonds. The summed E-state index contributed by atoms with van der Waals surface area (Å²) in [6, 6.07) is 12.9. The third kappa shape index (κ3) is 3.43. The molecule has 0 aliphatic rings. The first kappa shape index (κ1) is 15.1. The summed E-state index contributed by atoms with van der Waals surface area (Å²) in [5.74, 6) is 1.04. The van der Waals surface area contributed by atoms with Gasteiger partial charge in [0.25, 0.3) is 0 Å². The third-order valence-corrected chi connectivity index (χ3v) is 3.41. The molecule has 21 heavy (non-hydrogen) atoms. The number of carbonyl (C=O) groups is 1. The van der Waals surface area contributed by atoms with Crippen LogP contribution in [0.15, 0.2) is 42.5 Å². The minimum atomic E-state index is -0.0277. The van der Waals surface area contributed by atoms with E-state index in [1.165, 1.54) is 5.56 Å². The van der Waals surface area contributed by atoms with E-state index in [1.807, 2.05) is 31.2 Å². The number of benzene rings is 2. The topological polar surface area (TPSA) is 52.3 Å². The predicted octanol–water partition coefficient (Wildman–Crippen LogP) is 4.02. The number of nitrogen functional groups attached to an aromatic ring is 1. The standard InChI is InChI=1S/C18H21NO2/c1-4-21-17-10-9-15(11-16(17)19)18(20)14-7-5-13(6-8-14)12(2)3/h5-12H,4,19H2,1-3H3. The van der Waals surface area contributed by atoms with Gasteiger partial charge in [0.15, 0.2) is 5.78 Å². The molecule has 0 aliphatic carbocycles. The number of rotatable bonds is 5. The van der Waals surface area contributed by atoms with E-state index in [4.69, 9.17) is 10.5 Å². The van der Waals surface area contributed by atoms with Crippen molar-refractivity contribution in [1.82, 2.24) is 0 Å². The van der Waals surface area contributed by atoms with E-state index in [1.54, 1.807) is 18.2 Å². The maximum atomic E-state index is 12.5. The molecule has 0 aliphatic heterocycles. The molecule has 0 radical (unpaired) electrons. The maximum absolute atomic E-state index is 12.5. The zero-order valence-corrected chi connectivity index (χ0v) is 12.7. The Bertz CT molecular complexity index is 630. The fourth-order valence-corrected chi connectivity index (χ4v) is 2.16. The van der Waals surface area contributed by atoms with Gasteiger partial charge in [0.1, 0.15) is 5.75 Å². The lowest BCUT2D eigenvalue weighted by atomic mass is 9.98. The molecule has 0 saturated carbocycles. The van der Waals surface area contributed by atoms with Crippen molar-refractivity contribution in [2.75, 3.05) is 12.3 Å². The molecule has 3 heteroatoms. The normalized spacial score (nSPS) is 10.7. The van der Waals surface area contributed by atoms with E-state index in [-0.39, 0.29) is 5.78 Å². The van der Waals surface area contributed by atoms with Gasteiger partial charge in [-0.15, -0.1) is 0 Å². The van der Waals surface area contributed by atoms with Crippen LogP contribution in [0.5, 0.6) is 5.75 Å². The van der Waals surface area contributed by atoms with Crippen LogP contribution in [0.4, 0.5) is 5.69 Å². The van der Waals surface area contributed by atoms with Gasteiger partial charge in [-0.05, 0) is 36.6 Å². The quantitative estimate of drug-likeness (QED) is 0.666. The Kier molecular flexibility index (Phi) is 4.63. The number of nitrogens with two attached hydrogens (primary N) is 1. The second-order valence-corrected chi connectivity index (χ2v) is 5.29. The summed E-state index contributed by atoms with van der Waals surface area (Å²) < 4.78 is 5.38. The Balaban J connectivity index is 2.25. The fraction of sp³-hybridized carbons (Fsp3) is 0.278. The molecule has 0 heterocycles. The summed E-state index contributed by atoms with van der Waals surface area (Å²) in [5, 5.41) is 0. The summed E-state index contributed by atoms with van der Waals surface area (Å²) in [5.41, 5.74) is 8.86. The van der Waals surface area contributed by atoms with Crippen LogP contribution in [0.1, 0.15) is 48.2 Å². The summed E-state index contributed by atoms with van der Waals surface area (Å²) in [7, 11) is 0. The van der Waals surface area contributed by atoms with Crippen LogP contribution in [0.25, 0.3) is 0 Å². The van der Waals surface area contributed by atoms with Crippen molar-refractivity contribution < 1.29 is 9.53 Å². The van der Waals surface area contributed by atoms with E-state index in [0.717, 1.165) is 0 Å². The number of anilines is 1. The molecular weight excluding hydrogens is 262 g/mol. The second kappa shape index (κ2) is 6.44. The molecule has 110 valence electrons. The molecule has 2 N–H and O–H groups in total. The highest BCUT2D eigenvalue weighted by Crippen LogP contribution is 2.24. The van der Waals surface area contributed by atoms with Crippen molar-refractivity contribution >= 4 is 11.5 Å². The van der Waals surface area contributed by atoms with Crippen molar-refractivity contribution in [1.29, 1.82) is 0 Å². The van der Waals surface area contributed by atoms with E-state index in [2.05, 4.69) is 13.8 Å². The molecule has 0 fully saturated rings. The van der Waals surface area contributed by atoms with Gasteiger partial charge >= 0.3 is 0 Å². The number of hydrogen-bond acceptors (Lipinski definition) is 3. The Labute approximate surface area is 125 Å². The molecule has 0 atom stereocenters. The molecule has 2 rings (SSSR count). The summed E-state index contributed by atoms with van der Waals surface area (Å²) in [6.07, 6.45) is 0. The number of ketones is 1. The first-order valence-corrected chi connectivity index (χ1v) is 7.20. The number of ether oxygens (including phenoxy) is 1. The minimum Gasteiger partial charge on any atom is -0.492 e. The maximum Gasteiger partial charge on any atom is 0.193 e. The van der Waals surface area contributed by atoms with Crippen molar-refractivity contribution in [2.45, 2.75) is 26.7 Å². The lowest BCUT2D eigenvalue weighted by Gasteiger charge is -2.09. The Morgan fingerprint density at radius 1 is 1.10 bits per heavy atom. The molecule has 0 spiro atoms. The summed E-state index contributed by atoms with van der Waals surface area (Å²) in [6.45, 7) is 6.71. The highest BCUT2D eigenvalue weighted by Gasteiger charge is 2.11. The van der Waals surface area contributed by atoms with Crippen LogP contribution >= 0.6 is 0 Å². The smallest absolute Gasteiger partial charge is 0.193 e. The van der Waals surface area contributed by atoms with E-state index >= 15 is 0 Å². The molecule has 2 aromatic carbocycles. The van der Waals surface area contributed by atoms with Crippen LogP contribution < -0.4 is 10.5 Å². The molecule has 0 bridgehead atoms. The van der Waals surface area contributed by atoms with Crippen LogP contribution in [0.3, 0.4) is 0 Å². The van der Waals surface area contributed by atoms with Gasteiger partial charge in [-0.1, -0.05) is 38.1 Å². The average molecular weight is 283 g/mol. The first-order valence-electron chi connectivity index (χ1n) is 7.20. The zero-order chi connectivity index (χ0) is 15.4. The molecule has 0 unspecified atom stereocenters. The van der Waals surface area contributed by atoms with Gasteiger partial charge in [-0.3, -0.25) is 4.79 Å². The SMILES string of the molecule is CCOc1ccc(C(=O)c2ccc(C(C)C)cc2)cc1N. The van der Waals surface area contributed by atoms with Crippen LogP contribution in [-0.4, -0.2) is 12.4 Å². The van der Waals surface area contributed by atoms with E-state index in [0.29, 0.717) is 35.1 Å². The monoisotopic (exact) mass is 283 g/mol. The van der Waals surface area contributed by atoms with Crippen molar-refractivity contribution in [3.8, 4) is 5.75 Å². The number of carbonyl (C=O) groups excluding carboxylic acids is 1. The number of hydrogen-bond donors (Lipinski definition) is 1. The van der Waals surface area contributed by atoms with E-state index in [9.17, 15) is 4.79 Å². The van der Waals surface area contributed by atoms with Crippen molar-refractivity contribution in [3.63, 3.8) is 0 Å². The predicted molar refractivity (Wildman–Crippen MR) is 86.0 cm³/mol. The van der Waals surface area contributed by atoms with Gasteiger partial charge < -0.3 is 10.5 Å².